The summed E-state index contributed by atoms with van der Waals surface area (Å²) in [6, 6.07) is 11.6. The highest BCUT2D eigenvalue weighted by Crippen LogP contribution is 2.48. The minimum Gasteiger partial charge on any atom is -0.350 e. The molecule has 1 saturated carbocycles. The molecule has 2 amide bonds. The number of carbonyl (C=O) groups is 2. The van der Waals surface area contributed by atoms with Crippen LogP contribution in [0.1, 0.15) is 23.2 Å². The second-order valence-electron chi connectivity index (χ2n) is 7.79. The Morgan fingerprint density at radius 3 is 2.29 bits per heavy atom. The molecular formula is C23H25N3O2. The highest BCUT2D eigenvalue weighted by molar-refractivity contribution is 5.98. The Morgan fingerprint density at radius 2 is 1.64 bits per heavy atom. The molecule has 2 aliphatic carbocycles. The van der Waals surface area contributed by atoms with E-state index in [0.29, 0.717) is 6.54 Å². The molecule has 28 heavy (non-hydrogen) atoms. The van der Waals surface area contributed by atoms with E-state index in [9.17, 15) is 9.59 Å². The standard InChI is InChI=1S/C23H25N3O2/c1-14-6-5-7-15(2)21(14)26-23(28)20-17-10-9-16(12-17)19(20)22(27)25-13-18-8-3-4-11-24-18/h3-11,16-17,19-20H,12-13H2,1-2H3,(H,25,27)(H,26,28)/t16-,17-,19+,20-/m1/s1. The van der Waals surface area contributed by atoms with E-state index in [4.69, 9.17) is 0 Å². The average Bonchev–Trinajstić information content (AvgIpc) is 3.31. The van der Waals surface area contributed by atoms with Crippen molar-refractivity contribution < 1.29 is 9.59 Å². The zero-order valence-corrected chi connectivity index (χ0v) is 16.2. The van der Waals surface area contributed by atoms with E-state index in [1.807, 2.05) is 50.2 Å². The lowest BCUT2D eigenvalue weighted by atomic mass is 9.81. The highest BCUT2D eigenvalue weighted by Gasteiger charge is 2.51. The Bertz CT molecular complexity index is 902. The number of carbonyl (C=O) groups excluding carboxylic acids is 2. The van der Waals surface area contributed by atoms with Gasteiger partial charge in [-0.2, -0.15) is 0 Å². The molecule has 1 aromatic heterocycles. The van der Waals surface area contributed by atoms with E-state index in [0.717, 1.165) is 28.9 Å². The molecule has 5 nitrogen and oxygen atoms in total. The third-order valence-electron chi connectivity index (χ3n) is 5.96. The summed E-state index contributed by atoms with van der Waals surface area (Å²) in [5.74, 6) is -0.542. The van der Waals surface area contributed by atoms with E-state index in [1.165, 1.54) is 0 Å². The quantitative estimate of drug-likeness (QED) is 0.787. The molecule has 4 rings (SSSR count). The third kappa shape index (κ3) is 3.44. The van der Waals surface area contributed by atoms with Gasteiger partial charge in [0.2, 0.25) is 11.8 Å². The number of para-hydroxylation sites is 1. The fourth-order valence-corrected chi connectivity index (χ4v) is 4.55. The van der Waals surface area contributed by atoms with Crippen LogP contribution in [0.15, 0.2) is 54.7 Å². The molecule has 1 heterocycles. The van der Waals surface area contributed by atoms with Crippen molar-refractivity contribution >= 4 is 17.5 Å². The number of anilines is 1. The van der Waals surface area contributed by atoms with Crippen molar-refractivity contribution in [3.05, 3.63) is 71.6 Å². The Morgan fingerprint density at radius 1 is 0.964 bits per heavy atom. The van der Waals surface area contributed by atoms with Gasteiger partial charge in [-0.05, 0) is 55.4 Å². The van der Waals surface area contributed by atoms with Crippen LogP contribution in [-0.4, -0.2) is 16.8 Å². The molecule has 144 valence electrons. The van der Waals surface area contributed by atoms with Gasteiger partial charge in [0.1, 0.15) is 0 Å². The van der Waals surface area contributed by atoms with Gasteiger partial charge in [-0.3, -0.25) is 14.6 Å². The maximum Gasteiger partial charge on any atom is 0.228 e. The van der Waals surface area contributed by atoms with Crippen LogP contribution in [-0.2, 0) is 16.1 Å². The van der Waals surface area contributed by atoms with Crippen molar-refractivity contribution in [2.24, 2.45) is 23.7 Å². The molecule has 0 unspecified atom stereocenters. The molecule has 1 fully saturated rings. The number of aromatic nitrogens is 1. The number of nitrogens with zero attached hydrogens (tertiary/aromatic N) is 1. The number of hydrogen-bond acceptors (Lipinski definition) is 3. The lowest BCUT2D eigenvalue weighted by Crippen LogP contribution is -2.42. The van der Waals surface area contributed by atoms with E-state index in [-0.39, 0.29) is 35.5 Å². The number of benzene rings is 1. The summed E-state index contributed by atoms with van der Waals surface area (Å²) < 4.78 is 0. The molecular weight excluding hydrogens is 350 g/mol. The second kappa shape index (κ2) is 7.58. The summed E-state index contributed by atoms with van der Waals surface area (Å²) >= 11 is 0. The molecule has 2 aromatic rings. The second-order valence-corrected chi connectivity index (χ2v) is 7.79. The molecule has 4 atom stereocenters. The Balaban J connectivity index is 1.49. The summed E-state index contributed by atoms with van der Waals surface area (Å²) in [6.45, 7) is 4.35. The molecule has 0 saturated heterocycles. The fraction of sp³-hybridized carbons (Fsp3) is 0.348. The largest absolute Gasteiger partial charge is 0.350 e. The molecule has 1 aromatic carbocycles. The van der Waals surface area contributed by atoms with Gasteiger partial charge >= 0.3 is 0 Å². The third-order valence-corrected chi connectivity index (χ3v) is 5.96. The first-order chi connectivity index (χ1) is 13.5. The number of nitrogens with one attached hydrogen (secondary N) is 2. The molecule has 0 spiro atoms. The Labute approximate surface area is 165 Å². The molecule has 5 heteroatoms. The van der Waals surface area contributed by atoms with E-state index >= 15 is 0 Å². The summed E-state index contributed by atoms with van der Waals surface area (Å²) in [6.07, 6.45) is 6.77. The highest BCUT2D eigenvalue weighted by atomic mass is 16.2. The summed E-state index contributed by atoms with van der Waals surface area (Å²) in [7, 11) is 0. The first-order valence-corrected chi connectivity index (χ1v) is 9.77. The minimum absolute atomic E-state index is 0.0627. The minimum atomic E-state index is -0.335. The Hall–Kier alpha value is -2.95. The van der Waals surface area contributed by atoms with Gasteiger partial charge in [0.05, 0.1) is 24.1 Å². The van der Waals surface area contributed by atoms with Crippen molar-refractivity contribution in [2.75, 3.05) is 5.32 Å². The van der Waals surface area contributed by atoms with Crippen molar-refractivity contribution in [3.63, 3.8) is 0 Å². The van der Waals surface area contributed by atoms with Crippen LogP contribution in [0.4, 0.5) is 5.69 Å². The number of allylic oxidation sites excluding steroid dienone is 2. The summed E-state index contributed by atoms with van der Waals surface area (Å²) in [5.41, 5.74) is 3.73. The van der Waals surface area contributed by atoms with Gasteiger partial charge < -0.3 is 10.6 Å². The summed E-state index contributed by atoms with van der Waals surface area (Å²) in [4.78, 5) is 30.4. The van der Waals surface area contributed by atoms with Crippen molar-refractivity contribution in [2.45, 2.75) is 26.8 Å². The number of rotatable bonds is 5. The van der Waals surface area contributed by atoms with Crippen molar-refractivity contribution in [1.82, 2.24) is 10.3 Å². The normalized spacial score (nSPS) is 24.9. The summed E-state index contributed by atoms with van der Waals surface area (Å²) in [5, 5.41) is 6.08. The van der Waals surface area contributed by atoms with Gasteiger partial charge in [0.15, 0.2) is 0 Å². The first kappa shape index (κ1) is 18.4. The predicted molar refractivity (Wildman–Crippen MR) is 108 cm³/mol. The molecule has 2 bridgehead atoms. The maximum absolute atomic E-state index is 13.2. The molecule has 0 aliphatic heterocycles. The fourth-order valence-electron chi connectivity index (χ4n) is 4.55. The van der Waals surface area contributed by atoms with E-state index in [2.05, 4.69) is 27.8 Å². The maximum atomic E-state index is 13.2. The van der Waals surface area contributed by atoms with Crippen LogP contribution in [0, 0.1) is 37.5 Å². The average molecular weight is 375 g/mol. The smallest absolute Gasteiger partial charge is 0.228 e. The number of pyridine rings is 1. The van der Waals surface area contributed by atoms with Crippen LogP contribution in [0.5, 0.6) is 0 Å². The first-order valence-electron chi connectivity index (χ1n) is 9.77. The van der Waals surface area contributed by atoms with Crippen LogP contribution >= 0.6 is 0 Å². The van der Waals surface area contributed by atoms with Crippen LogP contribution < -0.4 is 10.6 Å². The van der Waals surface area contributed by atoms with Crippen molar-refractivity contribution in [1.29, 1.82) is 0 Å². The lowest BCUT2D eigenvalue weighted by Gasteiger charge is -2.27. The van der Waals surface area contributed by atoms with Crippen molar-refractivity contribution in [3.8, 4) is 0 Å². The van der Waals surface area contributed by atoms with Gasteiger partial charge in [0, 0.05) is 11.9 Å². The molecule has 0 radical (unpaired) electrons. The topological polar surface area (TPSA) is 71.1 Å². The van der Waals surface area contributed by atoms with Crippen LogP contribution in [0.25, 0.3) is 0 Å². The SMILES string of the molecule is Cc1cccc(C)c1NC(=O)[C@H]1[C@@H](C(=O)NCc2ccccn2)[C@@H]2C=C[C@@H]1C2. The van der Waals surface area contributed by atoms with Gasteiger partial charge in [-0.15, -0.1) is 0 Å². The van der Waals surface area contributed by atoms with E-state index in [1.54, 1.807) is 6.20 Å². The number of aryl methyl sites for hydroxylation is 2. The Kier molecular flexibility index (Phi) is 4.99. The number of amides is 2. The van der Waals surface area contributed by atoms with E-state index < -0.39 is 0 Å². The predicted octanol–water partition coefficient (Wildman–Crippen LogP) is 3.39. The zero-order valence-electron chi connectivity index (χ0n) is 16.2. The lowest BCUT2D eigenvalue weighted by molar-refractivity contribution is -0.133. The zero-order chi connectivity index (χ0) is 19.7. The van der Waals surface area contributed by atoms with Gasteiger partial charge in [0.25, 0.3) is 0 Å². The molecule has 2 aliphatic rings. The van der Waals surface area contributed by atoms with Gasteiger partial charge in [-0.1, -0.05) is 36.4 Å². The molecule has 2 N–H and O–H groups in total. The van der Waals surface area contributed by atoms with Crippen LogP contribution in [0.2, 0.25) is 0 Å². The number of hydrogen-bond donors (Lipinski definition) is 2. The number of fused-ring (bicyclic) bond motifs is 2. The van der Waals surface area contributed by atoms with Gasteiger partial charge in [-0.25, -0.2) is 0 Å². The van der Waals surface area contributed by atoms with Crippen LogP contribution in [0.3, 0.4) is 0 Å². The monoisotopic (exact) mass is 375 g/mol.